The Bertz CT molecular complexity index is 633. The summed E-state index contributed by atoms with van der Waals surface area (Å²) in [5, 5.41) is 0. The highest BCUT2D eigenvalue weighted by molar-refractivity contribution is 6.62. The fourth-order valence-electron chi connectivity index (χ4n) is 3.43. The summed E-state index contributed by atoms with van der Waals surface area (Å²) >= 11 is 0. The summed E-state index contributed by atoms with van der Waals surface area (Å²) in [6.45, 7) is 9.10. The largest absolute Gasteiger partial charge is 0.494 e. The Morgan fingerprint density at radius 2 is 1.57 bits per heavy atom. The van der Waals surface area contributed by atoms with E-state index in [4.69, 9.17) is 9.31 Å². The Morgan fingerprint density at radius 1 is 1.00 bits per heavy atom. The lowest BCUT2D eigenvalue weighted by atomic mass is 9.79. The van der Waals surface area contributed by atoms with Crippen LogP contribution in [-0.2, 0) is 14.1 Å². The van der Waals surface area contributed by atoms with Gasteiger partial charge in [-0.1, -0.05) is 12.1 Å². The number of carbonyl (C=O) groups excluding carboxylic acids is 1. The molecule has 3 fully saturated rings. The summed E-state index contributed by atoms with van der Waals surface area (Å²) in [4.78, 5) is 14.1. The van der Waals surface area contributed by atoms with Crippen LogP contribution in [0, 0.1) is 5.41 Å². The van der Waals surface area contributed by atoms with E-state index in [0.717, 1.165) is 17.7 Å². The van der Waals surface area contributed by atoms with Crippen LogP contribution in [0.25, 0.3) is 0 Å². The Morgan fingerprint density at radius 3 is 2.04 bits per heavy atom. The van der Waals surface area contributed by atoms with Crippen LogP contribution in [0.3, 0.4) is 0 Å². The molecule has 2 saturated heterocycles. The minimum absolute atomic E-state index is 0.255. The van der Waals surface area contributed by atoms with Gasteiger partial charge >= 0.3 is 7.12 Å². The predicted octanol–water partition coefficient (Wildman–Crippen LogP) is 2.50. The molecule has 1 saturated carbocycles. The number of hydrogen-bond donors (Lipinski definition) is 0. The maximum atomic E-state index is 12.2. The number of benzene rings is 1. The molecule has 0 bridgehead atoms. The minimum atomic E-state index is -0.349. The molecule has 0 aromatic heterocycles. The molecule has 0 N–H and O–H groups in total. The first-order valence-electron chi connectivity index (χ1n) is 8.48. The smallest absolute Gasteiger partial charge is 0.399 e. The zero-order valence-electron chi connectivity index (χ0n) is 14.4. The molecular weight excluding hydrogens is 289 g/mol. The number of rotatable bonds is 2. The van der Waals surface area contributed by atoms with Crippen molar-refractivity contribution in [2.45, 2.75) is 58.2 Å². The van der Waals surface area contributed by atoms with Crippen LogP contribution in [-0.4, -0.2) is 30.8 Å². The van der Waals surface area contributed by atoms with E-state index in [2.05, 4.69) is 27.7 Å². The lowest BCUT2D eigenvalue weighted by Crippen LogP contribution is -2.41. The Hall–Kier alpha value is -1.33. The summed E-state index contributed by atoms with van der Waals surface area (Å²) < 4.78 is 12.2. The van der Waals surface area contributed by atoms with Crippen LogP contribution >= 0.6 is 0 Å². The molecule has 23 heavy (non-hydrogen) atoms. The summed E-state index contributed by atoms with van der Waals surface area (Å²) in [5.41, 5.74) is 1.61. The second-order valence-corrected chi connectivity index (χ2v) is 8.34. The first-order valence-corrected chi connectivity index (χ1v) is 8.48. The van der Waals surface area contributed by atoms with E-state index in [-0.39, 0.29) is 24.2 Å². The van der Waals surface area contributed by atoms with Crippen molar-refractivity contribution in [1.82, 2.24) is 0 Å². The number of hydrogen-bond acceptors (Lipinski definition) is 3. The maximum absolute atomic E-state index is 12.2. The zero-order valence-corrected chi connectivity index (χ0v) is 14.4. The molecule has 4 rings (SSSR count). The van der Waals surface area contributed by atoms with Crippen molar-refractivity contribution in [3.05, 3.63) is 24.3 Å². The molecule has 5 heteroatoms. The molecule has 1 aliphatic carbocycles. The van der Waals surface area contributed by atoms with E-state index in [9.17, 15) is 4.79 Å². The summed E-state index contributed by atoms with van der Waals surface area (Å²) in [6, 6.07) is 8.06. The fourth-order valence-corrected chi connectivity index (χ4v) is 3.43. The third-order valence-electron chi connectivity index (χ3n) is 6.01. The predicted molar refractivity (Wildman–Crippen MR) is 90.8 cm³/mol. The van der Waals surface area contributed by atoms with Gasteiger partial charge in [0.15, 0.2) is 0 Å². The van der Waals surface area contributed by atoms with E-state index < -0.39 is 0 Å². The normalized spacial score (nSPS) is 27.0. The second-order valence-electron chi connectivity index (χ2n) is 8.34. The van der Waals surface area contributed by atoms with Gasteiger partial charge in [-0.3, -0.25) is 4.79 Å². The quantitative estimate of drug-likeness (QED) is 0.788. The van der Waals surface area contributed by atoms with E-state index in [0.29, 0.717) is 11.8 Å². The maximum Gasteiger partial charge on any atom is 0.494 e. The average Bonchev–Trinajstić information content (AvgIpc) is 3.07. The molecule has 4 nitrogen and oxygen atoms in total. The van der Waals surface area contributed by atoms with Crippen LogP contribution in [0.5, 0.6) is 0 Å². The molecule has 2 aliphatic heterocycles. The molecule has 1 aromatic rings. The van der Waals surface area contributed by atoms with Gasteiger partial charge in [-0.25, -0.2) is 0 Å². The monoisotopic (exact) mass is 313 g/mol. The van der Waals surface area contributed by atoms with Gasteiger partial charge in [-0.2, -0.15) is 0 Å². The Labute approximate surface area is 138 Å². The molecule has 0 atom stereocenters. The number of carbonyl (C=O) groups is 1. The summed E-state index contributed by atoms with van der Waals surface area (Å²) in [7, 11) is -0.349. The highest BCUT2D eigenvalue weighted by Gasteiger charge is 2.53. The minimum Gasteiger partial charge on any atom is -0.399 e. The van der Waals surface area contributed by atoms with Crippen molar-refractivity contribution < 1.29 is 14.1 Å². The molecule has 1 aromatic carbocycles. The van der Waals surface area contributed by atoms with E-state index in [1.54, 1.807) is 0 Å². The van der Waals surface area contributed by atoms with Crippen molar-refractivity contribution in [2.24, 2.45) is 5.41 Å². The van der Waals surface area contributed by atoms with Gasteiger partial charge < -0.3 is 14.2 Å². The van der Waals surface area contributed by atoms with Gasteiger partial charge in [-0.15, -0.1) is 0 Å². The van der Waals surface area contributed by atoms with Crippen LogP contribution in [0.15, 0.2) is 24.3 Å². The molecule has 122 valence electrons. The molecule has 1 amide bonds. The SMILES string of the molecule is CC1(C)OB(c2ccc(N3CC4(CC4)CC3=O)cc2)OC1(C)C. The number of nitrogens with zero attached hydrogens (tertiary/aromatic N) is 1. The van der Waals surface area contributed by atoms with Gasteiger partial charge in [0.1, 0.15) is 0 Å². The number of anilines is 1. The van der Waals surface area contributed by atoms with E-state index in [1.807, 2.05) is 29.2 Å². The highest BCUT2D eigenvalue weighted by Crippen LogP contribution is 2.53. The number of amides is 1. The lowest BCUT2D eigenvalue weighted by molar-refractivity contribution is -0.117. The standard InChI is InChI=1S/C18H24BNO3/c1-16(2)17(3,4)23-19(22-16)13-5-7-14(8-6-13)20-12-18(9-10-18)11-15(20)21/h5-8H,9-12H2,1-4H3. The summed E-state index contributed by atoms with van der Waals surface area (Å²) in [6.07, 6.45) is 3.11. The van der Waals surface area contributed by atoms with Gasteiger partial charge in [0, 0.05) is 18.7 Å². The third-order valence-corrected chi connectivity index (χ3v) is 6.01. The Kier molecular flexibility index (Phi) is 3.05. The van der Waals surface area contributed by atoms with Crippen LogP contribution in [0.4, 0.5) is 5.69 Å². The van der Waals surface area contributed by atoms with Crippen LogP contribution in [0.1, 0.15) is 47.0 Å². The van der Waals surface area contributed by atoms with Gasteiger partial charge in [-0.05, 0) is 63.5 Å². The van der Waals surface area contributed by atoms with Gasteiger partial charge in [0.2, 0.25) is 5.91 Å². The fraction of sp³-hybridized carbons (Fsp3) is 0.611. The topological polar surface area (TPSA) is 38.8 Å². The second kappa shape index (κ2) is 4.61. The van der Waals surface area contributed by atoms with E-state index in [1.165, 1.54) is 12.8 Å². The molecule has 1 spiro atoms. The average molecular weight is 313 g/mol. The van der Waals surface area contributed by atoms with Crippen LogP contribution in [0.2, 0.25) is 0 Å². The molecular formula is C18H24BNO3. The molecule has 0 radical (unpaired) electrons. The van der Waals surface area contributed by atoms with Crippen molar-refractivity contribution in [2.75, 3.05) is 11.4 Å². The van der Waals surface area contributed by atoms with Crippen molar-refractivity contribution in [3.63, 3.8) is 0 Å². The van der Waals surface area contributed by atoms with Gasteiger partial charge in [0.05, 0.1) is 11.2 Å². The summed E-state index contributed by atoms with van der Waals surface area (Å²) in [5.74, 6) is 0.255. The van der Waals surface area contributed by atoms with Gasteiger partial charge in [0.25, 0.3) is 0 Å². The molecule has 3 aliphatic rings. The first kappa shape index (κ1) is 15.2. The molecule has 2 heterocycles. The van der Waals surface area contributed by atoms with Crippen molar-refractivity contribution in [1.29, 1.82) is 0 Å². The third kappa shape index (κ3) is 2.41. The zero-order chi connectivity index (χ0) is 16.5. The lowest BCUT2D eigenvalue weighted by Gasteiger charge is -2.32. The van der Waals surface area contributed by atoms with E-state index >= 15 is 0 Å². The first-order chi connectivity index (χ1) is 10.7. The van der Waals surface area contributed by atoms with Crippen molar-refractivity contribution in [3.8, 4) is 0 Å². The highest BCUT2D eigenvalue weighted by atomic mass is 16.7. The van der Waals surface area contributed by atoms with Crippen molar-refractivity contribution >= 4 is 24.2 Å². The molecule has 0 unspecified atom stereocenters. The van der Waals surface area contributed by atoms with Crippen LogP contribution < -0.4 is 10.4 Å². The Balaban J connectivity index is 1.52.